The van der Waals surface area contributed by atoms with Gasteiger partial charge in [0.05, 0.1) is 5.56 Å². The summed E-state index contributed by atoms with van der Waals surface area (Å²) in [5.74, 6) is -10.5. The van der Waals surface area contributed by atoms with E-state index in [1.807, 2.05) is 13.0 Å². The molecule has 0 saturated heterocycles. The quantitative estimate of drug-likeness (QED) is 0.176. The summed E-state index contributed by atoms with van der Waals surface area (Å²) in [6, 6.07) is 5.03. The minimum absolute atomic E-state index is 0.0244. The van der Waals surface area contributed by atoms with Gasteiger partial charge in [-0.3, -0.25) is 0 Å². The molecule has 0 bridgehead atoms. The molecule has 1 aliphatic carbocycles. The smallest absolute Gasteiger partial charge is 0.480 e. The predicted molar refractivity (Wildman–Crippen MR) is 135 cm³/mol. The third-order valence-electron chi connectivity index (χ3n) is 6.85. The zero-order chi connectivity index (χ0) is 31.5. The van der Waals surface area contributed by atoms with Crippen LogP contribution in [0.4, 0.5) is 43.9 Å². The molecule has 1 fully saturated rings. The van der Waals surface area contributed by atoms with E-state index in [4.69, 9.17) is 4.74 Å². The predicted octanol–water partition coefficient (Wildman–Crippen LogP) is 9.85. The summed E-state index contributed by atoms with van der Waals surface area (Å²) in [6.07, 6.45) is -2.45. The van der Waals surface area contributed by atoms with Crippen molar-refractivity contribution >= 4 is 0 Å². The topological polar surface area (TPSA) is 27.7 Å². The highest BCUT2D eigenvalue weighted by Crippen LogP contribution is 2.39. The molecule has 0 unspecified atom stereocenters. The summed E-state index contributed by atoms with van der Waals surface area (Å²) in [7, 11) is 0. The number of hydrogen-bond acceptors (Lipinski definition) is 3. The Balaban J connectivity index is 1.43. The van der Waals surface area contributed by atoms with Gasteiger partial charge in [-0.15, -0.1) is 13.2 Å². The van der Waals surface area contributed by atoms with Gasteiger partial charge in [0.2, 0.25) is 5.75 Å². The molecule has 0 radical (unpaired) electrons. The summed E-state index contributed by atoms with van der Waals surface area (Å²) in [5, 5.41) is 0. The van der Waals surface area contributed by atoms with Crippen LogP contribution in [0.25, 0.3) is 11.1 Å². The van der Waals surface area contributed by atoms with Crippen LogP contribution in [0.5, 0.6) is 17.2 Å². The van der Waals surface area contributed by atoms with E-state index in [0.717, 1.165) is 37.8 Å². The molecule has 3 nitrogen and oxygen atoms in total. The Morgan fingerprint density at radius 3 is 1.88 bits per heavy atom. The molecule has 3 aromatic rings. The summed E-state index contributed by atoms with van der Waals surface area (Å²) in [4.78, 5) is 0. The van der Waals surface area contributed by atoms with Crippen LogP contribution in [-0.2, 0) is 0 Å². The molecule has 1 aliphatic rings. The first kappa shape index (κ1) is 32.0. The third kappa shape index (κ3) is 8.14. The highest BCUT2D eigenvalue weighted by Gasteiger charge is 2.37. The van der Waals surface area contributed by atoms with Gasteiger partial charge >= 0.3 is 12.5 Å². The van der Waals surface area contributed by atoms with E-state index in [1.165, 1.54) is 12.1 Å². The molecule has 3 aromatic carbocycles. The first-order chi connectivity index (χ1) is 20.2. The van der Waals surface area contributed by atoms with Crippen molar-refractivity contribution in [1.29, 1.82) is 0 Å². The second kappa shape index (κ2) is 12.8. The van der Waals surface area contributed by atoms with Gasteiger partial charge in [0, 0.05) is 12.1 Å². The average molecular weight is 622 g/mol. The number of alkyl halides is 5. The van der Waals surface area contributed by atoms with E-state index in [0.29, 0.717) is 17.5 Å². The van der Waals surface area contributed by atoms with E-state index in [-0.39, 0.29) is 23.6 Å². The average Bonchev–Trinajstić information content (AvgIpc) is 2.90. The molecule has 0 heterocycles. The minimum atomic E-state index is -5.45. The van der Waals surface area contributed by atoms with Gasteiger partial charge in [0.15, 0.2) is 29.8 Å². The molecule has 0 spiro atoms. The molecule has 4 rings (SSSR count). The van der Waals surface area contributed by atoms with Gasteiger partial charge in [0.1, 0.15) is 17.4 Å². The van der Waals surface area contributed by atoms with Gasteiger partial charge in [-0.05, 0) is 79.8 Å². The first-order valence-electron chi connectivity index (χ1n) is 13.0. The Bertz CT molecular complexity index is 1430. The van der Waals surface area contributed by atoms with Crippen LogP contribution in [0.3, 0.4) is 0 Å². The molecule has 0 amide bonds. The highest BCUT2D eigenvalue weighted by molar-refractivity contribution is 5.66. The Labute approximate surface area is 239 Å². The number of benzene rings is 3. The monoisotopic (exact) mass is 622 g/mol. The van der Waals surface area contributed by atoms with Gasteiger partial charge in [-0.1, -0.05) is 18.2 Å². The summed E-state index contributed by atoms with van der Waals surface area (Å²) < 4.78 is 149. The molecular weight excluding hydrogens is 598 g/mol. The van der Waals surface area contributed by atoms with E-state index < -0.39 is 71.0 Å². The van der Waals surface area contributed by atoms with Crippen molar-refractivity contribution in [3.63, 3.8) is 0 Å². The lowest BCUT2D eigenvalue weighted by molar-refractivity contribution is -0.276. The molecule has 0 aromatic heterocycles. The van der Waals surface area contributed by atoms with Crippen LogP contribution < -0.4 is 14.2 Å². The second-order valence-electron chi connectivity index (χ2n) is 9.93. The number of rotatable bonds is 9. The summed E-state index contributed by atoms with van der Waals surface area (Å²) >= 11 is 0. The van der Waals surface area contributed by atoms with Crippen molar-refractivity contribution in [3.05, 3.63) is 89.3 Å². The van der Waals surface area contributed by atoms with Crippen LogP contribution >= 0.6 is 0 Å². The van der Waals surface area contributed by atoms with Crippen molar-refractivity contribution in [2.24, 2.45) is 5.92 Å². The maximum atomic E-state index is 15.0. The van der Waals surface area contributed by atoms with Gasteiger partial charge < -0.3 is 14.2 Å². The van der Waals surface area contributed by atoms with Crippen LogP contribution in [-0.4, -0.2) is 19.1 Å². The van der Waals surface area contributed by atoms with Crippen LogP contribution in [0.1, 0.15) is 44.1 Å². The van der Waals surface area contributed by atoms with Gasteiger partial charge in [-0.2, -0.15) is 8.78 Å². The van der Waals surface area contributed by atoms with Crippen molar-refractivity contribution in [2.45, 2.75) is 51.0 Å². The third-order valence-corrected chi connectivity index (χ3v) is 6.85. The van der Waals surface area contributed by atoms with Crippen molar-refractivity contribution in [2.75, 3.05) is 6.61 Å². The molecule has 43 heavy (non-hydrogen) atoms. The lowest BCUT2D eigenvalue weighted by Gasteiger charge is -2.27. The lowest BCUT2D eigenvalue weighted by Crippen LogP contribution is -2.32. The second-order valence-corrected chi connectivity index (χ2v) is 9.93. The Morgan fingerprint density at radius 1 is 0.744 bits per heavy atom. The minimum Gasteiger partial charge on any atom is -0.480 e. The zero-order valence-corrected chi connectivity index (χ0v) is 22.4. The lowest BCUT2D eigenvalue weighted by atomic mass is 9.78. The molecular formula is C30H24F10O3. The van der Waals surface area contributed by atoms with Gasteiger partial charge in [-0.25, -0.2) is 22.0 Å². The molecule has 232 valence electrons. The molecule has 0 aliphatic heterocycles. The summed E-state index contributed by atoms with van der Waals surface area (Å²) in [5.41, 5.74) is -0.256. The zero-order valence-electron chi connectivity index (χ0n) is 22.4. The Kier molecular flexibility index (Phi) is 9.50. The molecule has 13 heteroatoms. The number of ether oxygens (including phenoxy) is 3. The van der Waals surface area contributed by atoms with E-state index >= 15 is 8.78 Å². The number of allylic oxidation sites excluding steroid dienone is 2. The summed E-state index contributed by atoms with van der Waals surface area (Å²) in [6.45, 7) is 0.223. The highest BCUT2D eigenvalue weighted by atomic mass is 19.4. The van der Waals surface area contributed by atoms with Crippen molar-refractivity contribution in [1.82, 2.24) is 0 Å². The van der Waals surface area contributed by atoms with Crippen molar-refractivity contribution in [3.8, 4) is 28.4 Å². The van der Waals surface area contributed by atoms with E-state index in [9.17, 15) is 35.1 Å². The van der Waals surface area contributed by atoms with Crippen LogP contribution in [0.15, 0.2) is 54.6 Å². The SMILES string of the molecule is C/C=C/C1CCC(c2cc(F)c(-c3ccc(OCC(F)(F)Oc4cc(F)c(OC(F)(F)F)c(F)c4)c(F)c3)c(F)c2)CC1. The fourth-order valence-corrected chi connectivity index (χ4v) is 4.97. The number of halogens is 10. The molecule has 1 saturated carbocycles. The largest absolute Gasteiger partial charge is 0.573 e. The normalized spacial score (nSPS) is 17.7. The molecule has 0 N–H and O–H groups in total. The van der Waals surface area contributed by atoms with Crippen LogP contribution in [0.2, 0.25) is 0 Å². The Morgan fingerprint density at radius 2 is 1.35 bits per heavy atom. The Hall–Kier alpha value is -3.90. The first-order valence-corrected chi connectivity index (χ1v) is 13.0. The standard InChI is InChI=1S/C30H24F10O3/c1-2-3-16-4-6-17(7-5-16)19-11-22(32)27(23(33)12-19)18-8-9-26(21(31)10-18)41-15-29(36,37)42-20-13-24(34)28(25(35)14-20)43-30(38,39)40/h2-3,8-14,16-17H,4-7,15H2,1H3/b3-2+. The maximum absolute atomic E-state index is 15.0. The number of hydrogen-bond donors (Lipinski definition) is 0. The van der Waals surface area contributed by atoms with E-state index in [2.05, 4.69) is 15.5 Å². The van der Waals surface area contributed by atoms with Gasteiger partial charge in [0.25, 0.3) is 0 Å². The van der Waals surface area contributed by atoms with Crippen LogP contribution in [0, 0.1) is 35.0 Å². The van der Waals surface area contributed by atoms with E-state index in [1.54, 1.807) is 0 Å². The fourth-order valence-electron chi connectivity index (χ4n) is 4.97. The molecule has 0 atom stereocenters. The maximum Gasteiger partial charge on any atom is 0.573 e. The van der Waals surface area contributed by atoms with Crippen molar-refractivity contribution < 1.29 is 58.1 Å². The fraction of sp³-hybridized carbons (Fsp3) is 0.333.